The molecule has 140 valence electrons. The van der Waals surface area contributed by atoms with E-state index < -0.39 is 0 Å². The van der Waals surface area contributed by atoms with Crippen molar-refractivity contribution in [3.8, 4) is 11.5 Å². The predicted octanol–water partition coefficient (Wildman–Crippen LogP) is 2.02. The summed E-state index contributed by atoms with van der Waals surface area (Å²) < 4.78 is 11.1. The minimum atomic E-state index is -0.179. The van der Waals surface area contributed by atoms with E-state index in [0.29, 0.717) is 44.3 Å². The van der Waals surface area contributed by atoms with Crippen LogP contribution in [0.3, 0.4) is 0 Å². The number of hydrogen-bond donors (Lipinski definition) is 1. The first-order chi connectivity index (χ1) is 13.2. The average Bonchev–Trinajstić information content (AvgIpc) is 3.07. The van der Waals surface area contributed by atoms with Gasteiger partial charge in [-0.1, -0.05) is 30.3 Å². The van der Waals surface area contributed by atoms with Crippen LogP contribution in [-0.4, -0.2) is 49.7 Å². The van der Waals surface area contributed by atoms with Crippen LogP contribution < -0.4 is 19.7 Å². The van der Waals surface area contributed by atoms with E-state index in [1.165, 1.54) is 0 Å². The Morgan fingerprint density at radius 1 is 1.00 bits per heavy atom. The van der Waals surface area contributed by atoms with E-state index in [9.17, 15) is 9.59 Å². The molecule has 2 aromatic carbocycles. The van der Waals surface area contributed by atoms with Crippen molar-refractivity contribution in [3.63, 3.8) is 0 Å². The third kappa shape index (κ3) is 3.81. The van der Waals surface area contributed by atoms with Crippen LogP contribution in [0.25, 0.3) is 0 Å². The molecule has 0 aliphatic carbocycles. The van der Waals surface area contributed by atoms with Crippen LogP contribution in [0.2, 0.25) is 0 Å². The molecule has 0 atom stereocenters. The molecule has 0 unspecified atom stereocenters. The molecule has 7 nitrogen and oxygen atoms in total. The summed E-state index contributed by atoms with van der Waals surface area (Å²) in [6.45, 7) is 2.57. The molecule has 0 aromatic heterocycles. The number of benzene rings is 2. The van der Waals surface area contributed by atoms with Gasteiger partial charge in [0.1, 0.15) is 19.8 Å². The first-order valence-corrected chi connectivity index (χ1v) is 8.97. The second-order valence-corrected chi connectivity index (χ2v) is 6.45. The predicted molar refractivity (Wildman–Crippen MR) is 100 cm³/mol. The highest BCUT2D eigenvalue weighted by molar-refractivity contribution is 5.96. The highest BCUT2D eigenvalue weighted by Gasteiger charge is 2.31. The largest absolute Gasteiger partial charge is 0.486 e. The maximum absolute atomic E-state index is 12.7. The lowest BCUT2D eigenvalue weighted by Crippen LogP contribution is -2.39. The maximum Gasteiger partial charge on any atom is 0.325 e. The molecule has 4 rings (SSSR count). The van der Waals surface area contributed by atoms with Crippen LogP contribution in [0.5, 0.6) is 11.5 Å². The fourth-order valence-corrected chi connectivity index (χ4v) is 3.19. The van der Waals surface area contributed by atoms with Gasteiger partial charge >= 0.3 is 6.03 Å². The Kier molecular flexibility index (Phi) is 4.82. The molecule has 0 spiro atoms. The van der Waals surface area contributed by atoms with Crippen molar-refractivity contribution >= 4 is 17.6 Å². The van der Waals surface area contributed by atoms with Crippen molar-refractivity contribution in [2.45, 2.75) is 6.54 Å². The van der Waals surface area contributed by atoms with E-state index in [-0.39, 0.29) is 18.5 Å². The van der Waals surface area contributed by atoms with Gasteiger partial charge in [-0.2, -0.15) is 0 Å². The molecule has 1 fully saturated rings. The quantitative estimate of drug-likeness (QED) is 0.878. The van der Waals surface area contributed by atoms with Crippen molar-refractivity contribution in [1.82, 2.24) is 10.2 Å². The lowest BCUT2D eigenvalue weighted by molar-refractivity contribution is -0.121. The Hall–Kier alpha value is -3.22. The molecule has 0 bridgehead atoms. The van der Waals surface area contributed by atoms with Crippen LogP contribution >= 0.6 is 0 Å². The van der Waals surface area contributed by atoms with E-state index in [1.807, 2.05) is 48.5 Å². The molecule has 2 aromatic rings. The Labute approximate surface area is 157 Å². The summed E-state index contributed by atoms with van der Waals surface area (Å²) in [4.78, 5) is 28.1. The molecule has 2 heterocycles. The molecular weight excluding hydrogens is 346 g/mol. The van der Waals surface area contributed by atoms with Crippen LogP contribution in [0, 0.1) is 0 Å². The maximum atomic E-state index is 12.7. The smallest absolute Gasteiger partial charge is 0.325 e. The fraction of sp³-hybridized carbons (Fsp3) is 0.300. The topological polar surface area (TPSA) is 71.1 Å². The zero-order chi connectivity index (χ0) is 18.6. The molecular formula is C20H21N3O4. The summed E-state index contributed by atoms with van der Waals surface area (Å²) in [7, 11) is 0. The normalized spacial score (nSPS) is 15.8. The number of carbonyl (C=O) groups is 2. The Morgan fingerprint density at radius 2 is 1.78 bits per heavy atom. The van der Waals surface area contributed by atoms with Gasteiger partial charge in [-0.25, -0.2) is 4.79 Å². The fourth-order valence-electron chi connectivity index (χ4n) is 3.19. The van der Waals surface area contributed by atoms with E-state index in [4.69, 9.17) is 9.47 Å². The van der Waals surface area contributed by atoms with E-state index >= 15 is 0 Å². The van der Waals surface area contributed by atoms with Gasteiger partial charge < -0.3 is 19.7 Å². The zero-order valence-corrected chi connectivity index (χ0v) is 14.9. The number of hydrogen-bond acceptors (Lipinski definition) is 4. The SMILES string of the molecule is O=C(CN1CCN(c2ccc3c(c2)OCCO3)C1=O)NCc1ccccc1. The average molecular weight is 367 g/mol. The number of nitrogens with zero attached hydrogens (tertiary/aromatic N) is 2. The highest BCUT2D eigenvalue weighted by atomic mass is 16.6. The monoisotopic (exact) mass is 367 g/mol. The van der Waals surface area contributed by atoms with Crippen LogP contribution in [-0.2, 0) is 11.3 Å². The molecule has 2 aliphatic heterocycles. The van der Waals surface area contributed by atoms with Gasteiger partial charge in [-0.3, -0.25) is 9.69 Å². The molecule has 7 heteroatoms. The van der Waals surface area contributed by atoms with Gasteiger partial charge in [-0.15, -0.1) is 0 Å². The summed E-state index contributed by atoms with van der Waals surface area (Å²) in [5.41, 5.74) is 1.77. The molecule has 1 N–H and O–H groups in total. The minimum absolute atomic E-state index is 0.0483. The van der Waals surface area contributed by atoms with Crippen LogP contribution in [0.4, 0.5) is 10.5 Å². The zero-order valence-electron chi connectivity index (χ0n) is 14.9. The van der Waals surface area contributed by atoms with Crippen molar-refractivity contribution in [3.05, 3.63) is 54.1 Å². The minimum Gasteiger partial charge on any atom is -0.486 e. The summed E-state index contributed by atoms with van der Waals surface area (Å²) in [5.74, 6) is 1.16. The number of urea groups is 1. The molecule has 0 saturated carbocycles. The van der Waals surface area contributed by atoms with Gasteiger partial charge in [-0.05, 0) is 17.7 Å². The number of amides is 3. The molecule has 27 heavy (non-hydrogen) atoms. The molecule has 0 radical (unpaired) electrons. The van der Waals surface area contributed by atoms with Gasteiger partial charge in [0.2, 0.25) is 5.91 Å². The lowest BCUT2D eigenvalue weighted by atomic mass is 10.2. The Bertz CT molecular complexity index is 840. The van der Waals surface area contributed by atoms with E-state index in [1.54, 1.807) is 9.80 Å². The number of ether oxygens (including phenoxy) is 2. The van der Waals surface area contributed by atoms with Crippen molar-refractivity contribution in [2.75, 3.05) is 37.7 Å². The summed E-state index contributed by atoms with van der Waals surface area (Å²) in [5, 5.41) is 2.85. The first kappa shape index (κ1) is 17.2. The number of rotatable bonds is 5. The number of anilines is 1. The van der Waals surface area contributed by atoms with Crippen LogP contribution in [0.1, 0.15) is 5.56 Å². The van der Waals surface area contributed by atoms with Crippen molar-refractivity contribution in [2.24, 2.45) is 0 Å². The van der Waals surface area contributed by atoms with E-state index in [2.05, 4.69) is 5.32 Å². The number of nitrogens with one attached hydrogen (secondary N) is 1. The van der Waals surface area contributed by atoms with Crippen LogP contribution in [0.15, 0.2) is 48.5 Å². The van der Waals surface area contributed by atoms with Crippen molar-refractivity contribution in [1.29, 1.82) is 0 Å². The summed E-state index contributed by atoms with van der Waals surface area (Å²) in [6, 6.07) is 15.0. The van der Waals surface area contributed by atoms with E-state index in [0.717, 1.165) is 11.3 Å². The Balaban J connectivity index is 1.35. The Morgan fingerprint density at radius 3 is 2.59 bits per heavy atom. The third-order valence-electron chi connectivity index (χ3n) is 4.60. The van der Waals surface area contributed by atoms with Gasteiger partial charge in [0, 0.05) is 31.4 Å². The van der Waals surface area contributed by atoms with Crippen molar-refractivity contribution < 1.29 is 19.1 Å². The van der Waals surface area contributed by atoms with Gasteiger partial charge in [0.25, 0.3) is 0 Å². The third-order valence-corrected chi connectivity index (χ3v) is 4.60. The standard InChI is InChI=1S/C20H21N3O4/c24-19(21-13-15-4-2-1-3-5-15)14-22-8-9-23(20(22)25)16-6-7-17-18(12-16)27-11-10-26-17/h1-7,12H,8-11,13-14H2,(H,21,24). The highest BCUT2D eigenvalue weighted by Crippen LogP contribution is 2.34. The first-order valence-electron chi connectivity index (χ1n) is 8.97. The second-order valence-electron chi connectivity index (χ2n) is 6.45. The molecule has 3 amide bonds. The van der Waals surface area contributed by atoms with Gasteiger partial charge in [0.15, 0.2) is 11.5 Å². The second kappa shape index (κ2) is 7.57. The molecule has 2 aliphatic rings. The lowest BCUT2D eigenvalue weighted by Gasteiger charge is -2.22. The number of carbonyl (C=O) groups excluding carboxylic acids is 2. The summed E-state index contributed by atoms with van der Waals surface area (Å²) in [6.07, 6.45) is 0. The van der Waals surface area contributed by atoms with Gasteiger partial charge in [0.05, 0.1) is 0 Å². The molecule has 1 saturated heterocycles. The summed E-state index contributed by atoms with van der Waals surface area (Å²) >= 11 is 0. The number of fused-ring (bicyclic) bond motifs is 1.